The van der Waals surface area contributed by atoms with Crippen LogP contribution in [0.1, 0.15) is 49.8 Å². The highest BCUT2D eigenvalue weighted by Crippen LogP contribution is 2.49. The molecule has 6 nitrogen and oxygen atoms in total. The largest absolute Gasteiger partial charge is 0.459 e. The second-order valence-electron chi connectivity index (χ2n) is 9.43. The average molecular weight is 464 g/mol. The van der Waals surface area contributed by atoms with Crippen LogP contribution >= 0.6 is 22.7 Å². The van der Waals surface area contributed by atoms with Crippen LogP contribution in [0.15, 0.2) is 35.0 Å². The van der Waals surface area contributed by atoms with Crippen LogP contribution in [0.4, 0.5) is 4.79 Å². The number of hydrogen-bond acceptors (Lipinski definition) is 7. The van der Waals surface area contributed by atoms with Gasteiger partial charge in [0.15, 0.2) is 0 Å². The molecular formula is C23H29NO5S2. The van der Waals surface area contributed by atoms with E-state index in [2.05, 4.69) is 0 Å². The highest BCUT2D eigenvalue weighted by Gasteiger charge is 2.54. The summed E-state index contributed by atoms with van der Waals surface area (Å²) >= 11 is 2.66. The third-order valence-electron chi connectivity index (χ3n) is 6.24. The Labute approximate surface area is 190 Å². The molecule has 2 saturated carbocycles. The first kappa shape index (κ1) is 22.3. The SMILES string of the molecule is CN(C(=O)OC(C)(C)C)C1C2CCC1C(OC(=O)C(O)(c1cccs1)c1cccs1)C2. The lowest BCUT2D eigenvalue weighted by Gasteiger charge is -2.32. The number of fused-ring (bicyclic) bond motifs is 2. The van der Waals surface area contributed by atoms with Gasteiger partial charge in [-0.05, 0) is 68.8 Å². The molecule has 0 spiro atoms. The Kier molecular flexibility index (Phi) is 5.91. The van der Waals surface area contributed by atoms with E-state index in [0.717, 1.165) is 12.8 Å². The number of amides is 1. The molecule has 2 bridgehead atoms. The van der Waals surface area contributed by atoms with E-state index < -0.39 is 17.2 Å². The fourth-order valence-corrected chi connectivity index (χ4v) is 6.66. The molecule has 2 aliphatic rings. The molecule has 4 atom stereocenters. The van der Waals surface area contributed by atoms with Crippen molar-refractivity contribution in [1.29, 1.82) is 0 Å². The zero-order chi connectivity index (χ0) is 22.4. The van der Waals surface area contributed by atoms with Crippen molar-refractivity contribution < 1.29 is 24.2 Å². The van der Waals surface area contributed by atoms with Gasteiger partial charge in [0.1, 0.15) is 11.7 Å². The van der Waals surface area contributed by atoms with Gasteiger partial charge in [-0.2, -0.15) is 0 Å². The summed E-state index contributed by atoms with van der Waals surface area (Å²) in [5.41, 5.74) is -2.37. The van der Waals surface area contributed by atoms with E-state index in [4.69, 9.17) is 9.47 Å². The highest BCUT2D eigenvalue weighted by atomic mass is 32.1. The Hall–Kier alpha value is -1.90. The molecule has 0 radical (unpaired) electrons. The van der Waals surface area contributed by atoms with Crippen molar-refractivity contribution in [2.75, 3.05) is 7.05 Å². The van der Waals surface area contributed by atoms with Gasteiger partial charge in [0, 0.05) is 19.0 Å². The van der Waals surface area contributed by atoms with Crippen molar-refractivity contribution in [2.45, 2.75) is 63.4 Å². The van der Waals surface area contributed by atoms with Gasteiger partial charge < -0.3 is 19.5 Å². The molecule has 2 aliphatic carbocycles. The molecule has 2 fully saturated rings. The Morgan fingerprint density at radius 1 is 1.10 bits per heavy atom. The first-order chi connectivity index (χ1) is 14.6. The molecule has 1 N–H and O–H groups in total. The van der Waals surface area contributed by atoms with Gasteiger partial charge in [-0.15, -0.1) is 22.7 Å². The van der Waals surface area contributed by atoms with Gasteiger partial charge in [-0.3, -0.25) is 0 Å². The van der Waals surface area contributed by atoms with Crippen molar-refractivity contribution in [2.24, 2.45) is 11.8 Å². The van der Waals surface area contributed by atoms with Crippen LogP contribution in [-0.2, 0) is 19.9 Å². The number of nitrogens with zero attached hydrogens (tertiary/aromatic N) is 1. The predicted octanol–water partition coefficient (Wildman–Crippen LogP) is 4.62. The second kappa shape index (κ2) is 8.22. The van der Waals surface area contributed by atoms with Crippen molar-refractivity contribution in [3.63, 3.8) is 0 Å². The maximum absolute atomic E-state index is 13.3. The van der Waals surface area contributed by atoms with Crippen molar-refractivity contribution >= 4 is 34.7 Å². The molecular weight excluding hydrogens is 434 g/mol. The summed E-state index contributed by atoms with van der Waals surface area (Å²) < 4.78 is 11.5. The van der Waals surface area contributed by atoms with Crippen LogP contribution in [0.3, 0.4) is 0 Å². The second-order valence-corrected chi connectivity index (χ2v) is 11.3. The molecule has 2 heterocycles. The lowest BCUT2D eigenvalue weighted by molar-refractivity contribution is -0.170. The van der Waals surface area contributed by atoms with Crippen LogP contribution in [0.2, 0.25) is 0 Å². The van der Waals surface area contributed by atoms with Gasteiger partial charge in [-0.1, -0.05) is 12.1 Å². The summed E-state index contributed by atoms with van der Waals surface area (Å²) in [5, 5.41) is 15.2. The van der Waals surface area contributed by atoms with Gasteiger partial charge in [0.25, 0.3) is 0 Å². The van der Waals surface area contributed by atoms with Crippen LogP contribution < -0.4 is 0 Å². The van der Waals surface area contributed by atoms with Crippen molar-refractivity contribution in [3.05, 3.63) is 44.8 Å². The minimum Gasteiger partial charge on any atom is -0.459 e. The van der Waals surface area contributed by atoms with Crippen LogP contribution in [0.5, 0.6) is 0 Å². The molecule has 1 amide bonds. The van der Waals surface area contributed by atoms with Crippen molar-refractivity contribution in [3.8, 4) is 0 Å². The van der Waals surface area contributed by atoms with E-state index in [1.807, 2.05) is 43.7 Å². The quantitative estimate of drug-likeness (QED) is 0.655. The maximum Gasteiger partial charge on any atom is 0.410 e. The minimum atomic E-state index is -1.81. The highest BCUT2D eigenvalue weighted by molar-refractivity contribution is 7.12. The monoisotopic (exact) mass is 463 g/mol. The molecule has 4 rings (SSSR count). The Balaban J connectivity index is 1.51. The number of carbonyl (C=O) groups excluding carboxylic acids is 2. The topological polar surface area (TPSA) is 76.1 Å². The molecule has 2 aromatic heterocycles. The summed E-state index contributed by atoms with van der Waals surface area (Å²) in [6, 6.07) is 7.12. The molecule has 4 unspecified atom stereocenters. The third kappa shape index (κ3) is 4.13. The number of aliphatic hydroxyl groups is 1. The van der Waals surface area contributed by atoms with E-state index in [0.29, 0.717) is 16.2 Å². The third-order valence-corrected chi connectivity index (χ3v) is 8.20. The number of rotatable bonds is 5. The lowest BCUT2D eigenvalue weighted by atomic mass is 9.96. The normalized spacial score (nSPS) is 25.5. The Morgan fingerprint density at radius 3 is 2.23 bits per heavy atom. The molecule has 0 aliphatic heterocycles. The van der Waals surface area contributed by atoms with Gasteiger partial charge in [0.2, 0.25) is 5.60 Å². The molecule has 168 valence electrons. The van der Waals surface area contributed by atoms with Crippen LogP contribution in [0.25, 0.3) is 0 Å². The predicted molar refractivity (Wildman–Crippen MR) is 120 cm³/mol. The van der Waals surface area contributed by atoms with Gasteiger partial charge in [0.05, 0.1) is 9.75 Å². The number of thiophene rings is 2. The molecule has 0 aromatic carbocycles. The number of carbonyl (C=O) groups is 2. The Bertz CT molecular complexity index is 884. The van der Waals surface area contributed by atoms with E-state index >= 15 is 0 Å². The summed E-state index contributed by atoms with van der Waals surface area (Å²) in [4.78, 5) is 28.7. The summed E-state index contributed by atoms with van der Waals surface area (Å²) in [6.07, 6.45) is 1.90. The van der Waals surface area contributed by atoms with Crippen LogP contribution in [0, 0.1) is 11.8 Å². The maximum atomic E-state index is 13.3. The first-order valence-corrected chi connectivity index (χ1v) is 12.3. The first-order valence-electron chi connectivity index (χ1n) is 10.6. The van der Waals surface area contributed by atoms with Gasteiger partial charge >= 0.3 is 12.1 Å². The lowest BCUT2D eigenvalue weighted by Crippen LogP contribution is -2.45. The fourth-order valence-electron chi connectivity index (χ4n) is 4.94. The summed E-state index contributed by atoms with van der Waals surface area (Å²) in [6.45, 7) is 5.55. The van der Waals surface area contributed by atoms with E-state index in [9.17, 15) is 14.7 Å². The smallest absolute Gasteiger partial charge is 0.410 e. The van der Waals surface area contributed by atoms with Gasteiger partial charge in [-0.25, -0.2) is 9.59 Å². The number of esters is 1. The standard InChI is InChI=1S/C23H29NO5S2/c1-22(2,3)29-21(26)24(4)19-14-9-10-15(19)16(13-14)28-20(25)23(27,17-7-5-11-30-17)18-8-6-12-31-18/h5-8,11-12,14-16,19,27H,9-10,13H2,1-4H3. The average Bonchev–Trinajstić information content (AvgIpc) is 3.50. The summed E-state index contributed by atoms with van der Waals surface area (Å²) in [7, 11) is 1.77. The Morgan fingerprint density at radius 2 is 1.71 bits per heavy atom. The van der Waals surface area contributed by atoms with E-state index in [1.165, 1.54) is 22.7 Å². The number of ether oxygens (including phenoxy) is 2. The van der Waals surface area contributed by atoms with E-state index in [-0.39, 0.29) is 30.1 Å². The molecule has 0 saturated heterocycles. The molecule has 2 aromatic rings. The zero-order valence-electron chi connectivity index (χ0n) is 18.2. The molecule has 8 heteroatoms. The van der Waals surface area contributed by atoms with E-state index in [1.54, 1.807) is 24.1 Å². The fraction of sp³-hybridized carbons (Fsp3) is 0.565. The summed E-state index contributed by atoms with van der Waals surface area (Å²) in [5.74, 6) is -0.340. The minimum absolute atomic E-state index is 0.0239. The zero-order valence-corrected chi connectivity index (χ0v) is 19.9. The molecule has 31 heavy (non-hydrogen) atoms. The number of hydrogen-bond donors (Lipinski definition) is 1. The van der Waals surface area contributed by atoms with Crippen LogP contribution in [-0.4, -0.2) is 46.9 Å². The van der Waals surface area contributed by atoms with Crippen molar-refractivity contribution in [1.82, 2.24) is 4.90 Å².